The van der Waals surface area contributed by atoms with Crippen LogP contribution in [0.4, 0.5) is 0 Å². The molecular weight excluding hydrogens is 238 g/mol. The Morgan fingerprint density at radius 2 is 2.11 bits per heavy atom. The number of nitrogens with zero attached hydrogens (tertiary/aromatic N) is 3. The number of carbonyl (C=O) groups is 1. The summed E-state index contributed by atoms with van der Waals surface area (Å²) in [6.07, 6.45) is 2.25. The molecule has 92 valence electrons. The summed E-state index contributed by atoms with van der Waals surface area (Å²) in [5.74, 6) is -1.18. The highest BCUT2D eigenvalue weighted by molar-refractivity contribution is 5.85. The molecule has 0 fully saturated rings. The topological polar surface area (TPSA) is 87.3 Å². The molecule has 0 amide bonds. The van der Waals surface area contributed by atoms with Crippen LogP contribution >= 0.6 is 0 Å². The molecule has 1 aromatic heterocycles. The summed E-state index contributed by atoms with van der Waals surface area (Å²) in [5.41, 5.74) is 0.796. The van der Waals surface area contributed by atoms with Crippen molar-refractivity contribution in [2.24, 2.45) is 0 Å². The molecule has 1 aromatic carbocycles. The number of aromatic nitrogens is 2. The molecule has 0 aliphatic rings. The second kappa shape index (κ2) is 5.09. The highest BCUT2D eigenvalue weighted by Gasteiger charge is 2.20. The number of rotatable bonds is 4. The Kier molecular flexibility index (Phi) is 3.33. The molecule has 0 aliphatic heterocycles. The number of carbonyl (C=O) groups excluding carboxylic acids is 1. The molecule has 2 rings (SSSR count). The first-order chi connectivity index (χ1) is 8.68. The van der Waals surface area contributed by atoms with E-state index in [2.05, 4.69) is 4.98 Å². The van der Waals surface area contributed by atoms with E-state index in [-0.39, 0.29) is 12.4 Å². The third kappa shape index (κ3) is 2.51. The van der Waals surface area contributed by atoms with Crippen molar-refractivity contribution < 1.29 is 14.6 Å². The summed E-state index contributed by atoms with van der Waals surface area (Å²) in [6.45, 7) is 0.0459. The van der Waals surface area contributed by atoms with Gasteiger partial charge in [0.2, 0.25) is 0 Å². The van der Waals surface area contributed by atoms with Gasteiger partial charge in [0, 0.05) is 0 Å². The highest BCUT2D eigenvalue weighted by Crippen LogP contribution is 2.04. The first-order valence-electron chi connectivity index (χ1n) is 5.07. The molecule has 0 radical (unpaired) electrons. The zero-order chi connectivity index (χ0) is 13.0. The molecular formula is C11H9N3O4. The van der Waals surface area contributed by atoms with E-state index in [1.807, 2.05) is 6.07 Å². The lowest BCUT2D eigenvalue weighted by Crippen LogP contribution is -2.18. The molecule has 2 aromatic rings. The van der Waals surface area contributed by atoms with Crippen LogP contribution in [0.3, 0.4) is 0 Å². The fraction of sp³-hybridized carbons (Fsp3) is 0.0909. The largest absolute Gasteiger partial charge is 0.455 e. The van der Waals surface area contributed by atoms with Gasteiger partial charge in [-0.15, -0.1) is 0 Å². The van der Waals surface area contributed by atoms with Gasteiger partial charge in [-0.2, -0.15) is 0 Å². The zero-order valence-corrected chi connectivity index (χ0v) is 9.22. The number of hydrogen-bond donors (Lipinski definition) is 0. The van der Waals surface area contributed by atoms with E-state index in [1.54, 1.807) is 24.3 Å². The molecule has 18 heavy (non-hydrogen) atoms. The second-order valence-electron chi connectivity index (χ2n) is 3.39. The van der Waals surface area contributed by atoms with E-state index < -0.39 is 11.0 Å². The predicted molar refractivity (Wildman–Crippen MR) is 60.2 cm³/mol. The van der Waals surface area contributed by atoms with Gasteiger partial charge in [0.15, 0.2) is 5.03 Å². The van der Waals surface area contributed by atoms with Crippen molar-refractivity contribution in [1.29, 1.82) is 0 Å². The van der Waals surface area contributed by atoms with Crippen molar-refractivity contribution in [2.45, 2.75) is 6.61 Å². The van der Waals surface area contributed by atoms with Crippen LogP contribution < -0.4 is 0 Å². The van der Waals surface area contributed by atoms with Gasteiger partial charge in [0.25, 0.3) is 5.82 Å². The number of nitro groups is 1. The minimum Gasteiger partial charge on any atom is -0.455 e. The van der Waals surface area contributed by atoms with Crippen molar-refractivity contribution >= 4 is 5.97 Å². The lowest BCUT2D eigenvalue weighted by Gasteiger charge is -2.03. The van der Waals surface area contributed by atoms with Crippen LogP contribution in [0.1, 0.15) is 16.2 Å². The maximum Gasteiger partial charge on any atom is 0.381 e. The van der Waals surface area contributed by atoms with E-state index >= 15 is 0 Å². The van der Waals surface area contributed by atoms with Gasteiger partial charge in [-0.1, -0.05) is 30.3 Å². The van der Waals surface area contributed by atoms with Gasteiger partial charge in [-0.05, 0) is 10.2 Å². The molecule has 0 N–H and O–H groups in total. The Labute approximate surface area is 102 Å². The minimum atomic E-state index is -0.833. The summed E-state index contributed by atoms with van der Waals surface area (Å²) in [5, 5.41) is 9.84. The number of ether oxygens (including phenoxy) is 1. The molecule has 7 heteroatoms. The van der Waals surface area contributed by atoms with Crippen LogP contribution in [0, 0.1) is 10.1 Å². The first-order valence-corrected chi connectivity index (χ1v) is 5.07. The Morgan fingerprint density at radius 1 is 1.39 bits per heavy atom. The lowest BCUT2D eigenvalue weighted by atomic mass is 10.2. The number of hydrogen-bond acceptors (Lipinski definition) is 5. The van der Waals surface area contributed by atoms with Gasteiger partial charge in [-0.3, -0.25) is 0 Å². The smallest absolute Gasteiger partial charge is 0.381 e. The van der Waals surface area contributed by atoms with Gasteiger partial charge >= 0.3 is 5.97 Å². The quantitative estimate of drug-likeness (QED) is 0.461. The summed E-state index contributed by atoms with van der Waals surface area (Å²) in [6, 6.07) is 9.02. The molecule has 0 unspecified atom stereocenters. The number of imidazole rings is 1. The molecule has 7 nitrogen and oxygen atoms in total. The molecule has 0 saturated heterocycles. The van der Waals surface area contributed by atoms with E-state index in [0.29, 0.717) is 4.68 Å². The lowest BCUT2D eigenvalue weighted by molar-refractivity contribution is -0.542. The number of benzene rings is 1. The number of esters is 1. The van der Waals surface area contributed by atoms with Gasteiger partial charge in [0.1, 0.15) is 6.61 Å². The van der Waals surface area contributed by atoms with Gasteiger partial charge in [-0.25, -0.2) is 19.9 Å². The third-order valence-electron chi connectivity index (χ3n) is 2.19. The minimum absolute atomic E-state index is 0.0459. The van der Waals surface area contributed by atoms with E-state index in [0.717, 1.165) is 11.8 Å². The third-order valence-corrected chi connectivity index (χ3v) is 2.19. The fourth-order valence-corrected chi connectivity index (χ4v) is 1.36. The van der Waals surface area contributed by atoms with Crippen molar-refractivity contribution in [3.8, 4) is 0 Å². The maximum absolute atomic E-state index is 11.6. The summed E-state index contributed by atoms with van der Waals surface area (Å²) < 4.78 is 5.46. The summed E-state index contributed by atoms with van der Waals surface area (Å²) in [4.78, 5) is 25.8. The SMILES string of the molecule is O=C(OCc1ccccc1)c1nccn1[N+](=O)[O-]. The molecule has 1 heterocycles. The normalized spacial score (nSPS) is 10.0. The molecule has 0 aliphatic carbocycles. The van der Waals surface area contributed by atoms with Crippen molar-refractivity contribution in [3.63, 3.8) is 0 Å². The highest BCUT2D eigenvalue weighted by atomic mass is 16.7. The first kappa shape index (κ1) is 11.8. The zero-order valence-electron chi connectivity index (χ0n) is 9.22. The Hall–Kier alpha value is -2.70. The van der Waals surface area contributed by atoms with E-state index in [4.69, 9.17) is 4.74 Å². The fourth-order valence-electron chi connectivity index (χ4n) is 1.36. The predicted octanol–water partition coefficient (Wildman–Crippen LogP) is 1.28. The van der Waals surface area contributed by atoms with Crippen LogP contribution in [0.5, 0.6) is 0 Å². The molecule has 0 atom stereocenters. The second-order valence-corrected chi connectivity index (χ2v) is 3.39. The average Bonchev–Trinajstić information content (AvgIpc) is 2.86. The summed E-state index contributed by atoms with van der Waals surface area (Å²) >= 11 is 0. The maximum atomic E-state index is 11.6. The standard InChI is InChI=1S/C11H9N3O4/c15-11(10-12-6-7-13(10)14(16)17)18-8-9-4-2-1-3-5-9/h1-7H,8H2. The Morgan fingerprint density at radius 3 is 2.78 bits per heavy atom. The van der Waals surface area contributed by atoms with Crippen LogP contribution in [-0.4, -0.2) is 20.7 Å². The van der Waals surface area contributed by atoms with Crippen molar-refractivity contribution in [2.75, 3.05) is 0 Å². The molecule has 0 saturated carbocycles. The van der Waals surface area contributed by atoms with Crippen LogP contribution in [0.2, 0.25) is 0 Å². The van der Waals surface area contributed by atoms with Crippen LogP contribution in [0.15, 0.2) is 42.7 Å². The average molecular weight is 247 g/mol. The van der Waals surface area contributed by atoms with Crippen molar-refractivity contribution in [1.82, 2.24) is 9.66 Å². The summed E-state index contributed by atoms with van der Waals surface area (Å²) in [7, 11) is 0. The van der Waals surface area contributed by atoms with E-state index in [1.165, 1.54) is 6.20 Å². The Bertz CT molecular complexity index is 565. The van der Waals surface area contributed by atoms with Gasteiger partial charge in [0.05, 0.1) is 12.4 Å². The van der Waals surface area contributed by atoms with Crippen LogP contribution in [0.25, 0.3) is 0 Å². The van der Waals surface area contributed by atoms with Gasteiger partial charge < -0.3 is 4.74 Å². The van der Waals surface area contributed by atoms with Crippen LogP contribution in [-0.2, 0) is 11.3 Å². The van der Waals surface area contributed by atoms with E-state index in [9.17, 15) is 14.9 Å². The van der Waals surface area contributed by atoms with Crippen molar-refractivity contribution in [3.05, 3.63) is 64.2 Å². The molecule has 0 spiro atoms. The Balaban J connectivity index is 2.04. The molecule has 0 bridgehead atoms. The monoisotopic (exact) mass is 247 g/mol.